The number of nitrogens with two attached hydrogens (primary N) is 1. The van der Waals surface area contributed by atoms with Gasteiger partial charge in [0.1, 0.15) is 0 Å². The molecule has 0 aromatic rings. The van der Waals surface area contributed by atoms with E-state index >= 15 is 0 Å². The number of rotatable bonds is 1. The molecule has 2 rings (SSSR count). The normalized spacial score (nSPS) is 29.7. The number of likely N-dealkylation sites (tertiary alicyclic amines) is 2. The first-order valence-electron chi connectivity index (χ1n) is 5.64. The van der Waals surface area contributed by atoms with E-state index in [0.717, 1.165) is 32.4 Å². The summed E-state index contributed by atoms with van der Waals surface area (Å²) in [6.45, 7) is 3.41. The summed E-state index contributed by atoms with van der Waals surface area (Å²) >= 11 is 0. The highest BCUT2D eigenvalue weighted by atomic mass is 16.4. The summed E-state index contributed by atoms with van der Waals surface area (Å²) in [5.74, 6) is 0. The molecule has 3 N–H and O–H groups in total. The summed E-state index contributed by atoms with van der Waals surface area (Å²) in [5, 5.41) is 8.82. The van der Waals surface area contributed by atoms with Crippen molar-refractivity contribution < 1.29 is 9.90 Å². The lowest BCUT2D eigenvalue weighted by Crippen LogP contribution is -2.46. The molecule has 1 atom stereocenters. The largest absolute Gasteiger partial charge is 0.465 e. The zero-order valence-electron chi connectivity index (χ0n) is 8.93. The molecule has 0 radical (unpaired) electrons. The van der Waals surface area contributed by atoms with Crippen LogP contribution in [-0.4, -0.2) is 59.3 Å². The average molecular weight is 213 g/mol. The lowest BCUT2D eigenvalue weighted by Gasteiger charge is -2.35. The minimum atomic E-state index is -0.786. The van der Waals surface area contributed by atoms with Gasteiger partial charge in [-0.25, -0.2) is 4.79 Å². The summed E-state index contributed by atoms with van der Waals surface area (Å²) in [6.07, 6.45) is 2.21. The first-order chi connectivity index (χ1) is 7.16. The van der Waals surface area contributed by atoms with Gasteiger partial charge in [0.05, 0.1) is 0 Å². The third-order valence-electron chi connectivity index (χ3n) is 3.51. The van der Waals surface area contributed by atoms with E-state index in [1.165, 1.54) is 4.90 Å². The molecule has 1 unspecified atom stereocenters. The highest BCUT2D eigenvalue weighted by Crippen LogP contribution is 2.20. The highest BCUT2D eigenvalue weighted by molar-refractivity contribution is 5.65. The van der Waals surface area contributed by atoms with Gasteiger partial charge in [-0.05, 0) is 19.3 Å². The SMILES string of the molecule is NC1CCN(C2CCN(C(=O)O)CC2)C1. The Balaban J connectivity index is 1.80. The molecule has 2 heterocycles. The number of carbonyl (C=O) groups is 1. The predicted octanol–water partition coefficient (Wildman–Crippen LogP) is 0.162. The molecule has 5 nitrogen and oxygen atoms in total. The maximum Gasteiger partial charge on any atom is 0.407 e. The molecular formula is C10H19N3O2. The predicted molar refractivity (Wildman–Crippen MR) is 56.8 cm³/mol. The van der Waals surface area contributed by atoms with Crippen molar-refractivity contribution in [1.29, 1.82) is 0 Å². The Kier molecular flexibility index (Phi) is 3.11. The fourth-order valence-corrected chi connectivity index (χ4v) is 2.57. The van der Waals surface area contributed by atoms with Gasteiger partial charge in [0.15, 0.2) is 0 Å². The van der Waals surface area contributed by atoms with Gasteiger partial charge in [0.2, 0.25) is 0 Å². The Hall–Kier alpha value is -0.810. The van der Waals surface area contributed by atoms with E-state index in [1.54, 1.807) is 0 Å². The first-order valence-corrected chi connectivity index (χ1v) is 5.64. The molecule has 2 aliphatic heterocycles. The number of amides is 1. The number of piperidine rings is 1. The van der Waals surface area contributed by atoms with E-state index in [9.17, 15) is 4.79 Å². The van der Waals surface area contributed by atoms with Gasteiger partial charge in [-0.1, -0.05) is 0 Å². The van der Waals surface area contributed by atoms with Crippen LogP contribution in [0.5, 0.6) is 0 Å². The Morgan fingerprint density at radius 2 is 1.87 bits per heavy atom. The third-order valence-corrected chi connectivity index (χ3v) is 3.51. The Morgan fingerprint density at radius 1 is 1.20 bits per heavy atom. The zero-order chi connectivity index (χ0) is 10.8. The second-order valence-corrected chi connectivity index (χ2v) is 4.54. The zero-order valence-corrected chi connectivity index (χ0v) is 8.93. The Morgan fingerprint density at radius 3 is 2.33 bits per heavy atom. The molecule has 2 aliphatic rings. The van der Waals surface area contributed by atoms with Gasteiger partial charge in [-0.3, -0.25) is 4.90 Å². The molecule has 15 heavy (non-hydrogen) atoms. The first kappa shape index (κ1) is 10.7. The van der Waals surface area contributed by atoms with Gasteiger partial charge in [-0.15, -0.1) is 0 Å². The summed E-state index contributed by atoms with van der Waals surface area (Å²) < 4.78 is 0. The number of nitrogens with zero attached hydrogens (tertiary/aromatic N) is 2. The molecule has 0 spiro atoms. The highest BCUT2D eigenvalue weighted by Gasteiger charge is 2.30. The average Bonchev–Trinajstić information content (AvgIpc) is 2.65. The minimum absolute atomic E-state index is 0.322. The molecule has 0 aliphatic carbocycles. The molecule has 0 bridgehead atoms. The maximum atomic E-state index is 10.7. The van der Waals surface area contributed by atoms with Crippen LogP contribution in [0.3, 0.4) is 0 Å². The summed E-state index contributed by atoms with van der Waals surface area (Å²) in [6, 6.07) is 0.872. The fourth-order valence-electron chi connectivity index (χ4n) is 2.57. The van der Waals surface area contributed by atoms with Crippen LogP contribution in [0.1, 0.15) is 19.3 Å². The van der Waals surface area contributed by atoms with Gasteiger partial charge >= 0.3 is 6.09 Å². The van der Waals surface area contributed by atoms with Crippen LogP contribution in [0.2, 0.25) is 0 Å². The number of carboxylic acid groups (broad SMARTS) is 1. The monoisotopic (exact) mass is 213 g/mol. The number of hydrogen-bond acceptors (Lipinski definition) is 3. The van der Waals surface area contributed by atoms with E-state index in [-0.39, 0.29) is 0 Å². The summed E-state index contributed by atoms with van der Waals surface area (Å²) in [7, 11) is 0. The lowest BCUT2D eigenvalue weighted by atomic mass is 10.0. The van der Waals surface area contributed by atoms with E-state index in [1.807, 2.05) is 0 Å². The van der Waals surface area contributed by atoms with Crippen molar-refractivity contribution in [3.8, 4) is 0 Å². The molecular weight excluding hydrogens is 194 g/mol. The molecule has 2 saturated heterocycles. The lowest BCUT2D eigenvalue weighted by molar-refractivity contribution is 0.104. The van der Waals surface area contributed by atoms with E-state index < -0.39 is 6.09 Å². The minimum Gasteiger partial charge on any atom is -0.465 e. The molecule has 2 fully saturated rings. The smallest absolute Gasteiger partial charge is 0.407 e. The van der Waals surface area contributed by atoms with Crippen molar-refractivity contribution >= 4 is 6.09 Å². The summed E-state index contributed by atoms with van der Waals surface area (Å²) in [4.78, 5) is 14.7. The second-order valence-electron chi connectivity index (χ2n) is 4.54. The van der Waals surface area contributed by atoms with Gasteiger partial charge < -0.3 is 15.7 Å². The number of hydrogen-bond donors (Lipinski definition) is 2. The molecule has 0 aromatic heterocycles. The van der Waals surface area contributed by atoms with E-state index in [0.29, 0.717) is 25.2 Å². The van der Waals surface area contributed by atoms with Crippen LogP contribution in [-0.2, 0) is 0 Å². The maximum absolute atomic E-state index is 10.7. The van der Waals surface area contributed by atoms with Crippen LogP contribution >= 0.6 is 0 Å². The van der Waals surface area contributed by atoms with Crippen molar-refractivity contribution in [2.45, 2.75) is 31.3 Å². The van der Waals surface area contributed by atoms with Gasteiger partial charge in [0.25, 0.3) is 0 Å². The Bertz CT molecular complexity index is 239. The fraction of sp³-hybridized carbons (Fsp3) is 0.900. The summed E-state index contributed by atoms with van der Waals surface area (Å²) in [5.41, 5.74) is 5.86. The van der Waals surface area contributed by atoms with Crippen molar-refractivity contribution in [2.24, 2.45) is 5.73 Å². The molecule has 0 aromatic carbocycles. The standard InChI is InChI=1S/C10H19N3O2/c11-8-1-4-13(7-8)9-2-5-12(6-3-9)10(14)15/h8-9H,1-7,11H2,(H,14,15). The second kappa shape index (κ2) is 4.37. The van der Waals surface area contributed by atoms with Crippen molar-refractivity contribution in [3.05, 3.63) is 0 Å². The molecule has 5 heteroatoms. The van der Waals surface area contributed by atoms with E-state index in [4.69, 9.17) is 10.8 Å². The van der Waals surface area contributed by atoms with Gasteiger partial charge in [0, 0.05) is 38.3 Å². The van der Waals surface area contributed by atoms with Crippen LogP contribution in [0.25, 0.3) is 0 Å². The van der Waals surface area contributed by atoms with Crippen molar-refractivity contribution in [3.63, 3.8) is 0 Å². The molecule has 86 valence electrons. The van der Waals surface area contributed by atoms with Gasteiger partial charge in [-0.2, -0.15) is 0 Å². The van der Waals surface area contributed by atoms with E-state index in [2.05, 4.69) is 4.90 Å². The van der Waals surface area contributed by atoms with Crippen LogP contribution < -0.4 is 5.73 Å². The third kappa shape index (κ3) is 2.41. The molecule has 1 amide bonds. The topological polar surface area (TPSA) is 69.8 Å². The Labute approximate surface area is 89.8 Å². The quantitative estimate of drug-likeness (QED) is 0.651. The van der Waals surface area contributed by atoms with Crippen molar-refractivity contribution in [2.75, 3.05) is 26.2 Å². The molecule has 0 saturated carbocycles. The van der Waals surface area contributed by atoms with Crippen LogP contribution in [0, 0.1) is 0 Å². The van der Waals surface area contributed by atoms with Crippen LogP contribution in [0.4, 0.5) is 4.79 Å². The van der Waals surface area contributed by atoms with Crippen molar-refractivity contribution in [1.82, 2.24) is 9.80 Å². The van der Waals surface area contributed by atoms with Crippen LogP contribution in [0.15, 0.2) is 0 Å².